The lowest BCUT2D eigenvalue weighted by atomic mass is 10.2. The first-order valence-electron chi connectivity index (χ1n) is 8.84. The minimum atomic E-state index is -0.280. The van der Waals surface area contributed by atoms with Crippen LogP contribution >= 0.6 is 0 Å². The highest BCUT2D eigenvalue weighted by atomic mass is 16.3. The Morgan fingerprint density at radius 3 is 2.64 bits per heavy atom. The quantitative estimate of drug-likeness (QED) is 0.518. The second-order valence-corrected chi connectivity index (χ2v) is 6.02. The van der Waals surface area contributed by atoms with Crippen molar-refractivity contribution in [2.75, 3.05) is 18.4 Å². The van der Waals surface area contributed by atoms with Gasteiger partial charge in [0.25, 0.3) is 5.91 Å². The van der Waals surface area contributed by atoms with Gasteiger partial charge in [-0.3, -0.25) is 14.6 Å². The first kappa shape index (κ1) is 19.1. The zero-order chi connectivity index (χ0) is 19.8. The van der Waals surface area contributed by atoms with Crippen molar-refractivity contribution in [3.05, 3.63) is 66.2 Å². The van der Waals surface area contributed by atoms with Crippen molar-refractivity contribution in [3.63, 3.8) is 0 Å². The van der Waals surface area contributed by atoms with E-state index in [1.165, 1.54) is 6.92 Å². The van der Waals surface area contributed by atoms with Gasteiger partial charge in [0, 0.05) is 39.0 Å². The van der Waals surface area contributed by atoms with E-state index in [9.17, 15) is 9.59 Å². The normalized spacial score (nSPS) is 10.3. The highest BCUT2D eigenvalue weighted by molar-refractivity contribution is 5.99. The molecule has 0 aliphatic rings. The minimum Gasteiger partial charge on any atom is -0.463 e. The third-order valence-electron chi connectivity index (χ3n) is 3.88. The molecule has 3 rings (SSSR count). The fourth-order valence-corrected chi connectivity index (χ4v) is 2.54. The second-order valence-electron chi connectivity index (χ2n) is 6.02. The lowest BCUT2D eigenvalue weighted by Gasteiger charge is -2.13. The molecular weight excluding hydrogens is 358 g/mol. The maximum atomic E-state index is 12.6. The number of pyridine rings is 2. The van der Waals surface area contributed by atoms with Gasteiger partial charge in [0.2, 0.25) is 5.91 Å². The molecule has 0 unspecified atom stereocenters. The molecule has 0 bridgehead atoms. The maximum Gasteiger partial charge on any atom is 0.255 e. The summed E-state index contributed by atoms with van der Waals surface area (Å²) in [6.07, 6.45) is 5.02. The van der Waals surface area contributed by atoms with Crippen molar-refractivity contribution in [2.45, 2.75) is 13.5 Å². The Morgan fingerprint density at radius 1 is 1.07 bits per heavy atom. The van der Waals surface area contributed by atoms with Crippen LogP contribution in [-0.2, 0) is 11.3 Å². The van der Waals surface area contributed by atoms with E-state index < -0.39 is 0 Å². The summed E-state index contributed by atoms with van der Waals surface area (Å²) >= 11 is 0. The van der Waals surface area contributed by atoms with Crippen molar-refractivity contribution in [2.24, 2.45) is 0 Å². The summed E-state index contributed by atoms with van der Waals surface area (Å²) in [4.78, 5) is 32.1. The number of aromatic nitrogens is 2. The van der Waals surface area contributed by atoms with Crippen LogP contribution in [0, 0.1) is 0 Å². The summed E-state index contributed by atoms with van der Waals surface area (Å²) in [5, 5.41) is 8.61. The van der Waals surface area contributed by atoms with Crippen LogP contribution in [0.5, 0.6) is 0 Å². The van der Waals surface area contributed by atoms with E-state index in [1.807, 2.05) is 12.1 Å². The number of hydrogen-bond donors (Lipinski definition) is 3. The fraction of sp³-hybridized carbons (Fsp3) is 0.200. The van der Waals surface area contributed by atoms with Gasteiger partial charge >= 0.3 is 0 Å². The van der Waals surface area contributed by atoms with Crippen molar-refractivity contribution in [3.8, 4) is 11.5 Å². The zero-order valence-electron chi connectivity index (χ0n) is 15.4. The molecule has 8 nitrogen and oxygen atoms in total. The number of hydrogen-bond acceptors (Lipinski definition) is 6. The van der Waals surface area contributed by atoms with Crippen LogP contribution in [0.15, 0.2) is 59.5 Å². The molecule has 0 radical (unpaired) electrons. The Labute approximate surface area is 162 Å². The number of furan rings is 1. The van der Waals surface area contributed by atoms with E-state index >= 15 is 0 Å². The van der Waals surface area contributed by atoms with E-state index in [4.69, 9.17) is 4.42 Å². The Kier molecular flexibility index (Phi) is 6.35. The predicted molar refractivity (Wildman–Crippen MR) is 105 cm³/mol. The molecule has 0 atom stereocenters. The molecule has 0 aromatic carbocycles. The lowest BCUT2D eigenvalue weighted by Crippen LogP contribution is -2.34. The van der Waals surface area contributed by atoms with Crippen LogP contribution < -0.4 is 16.0 Å². The number of rotatable bonds is 8. The molecule has 0 spiro atoms. The third-order valence-corrected chi connectivity index (χ3v) is 3.88. The van der Waals surface area contributed by atoms with Gasteiger partial charge in [-0.15, -0.1) is 0 Å². The van der Waals surface area contributed by atoms with Gasteiger partial charge in [-0.25, -0.2) is 4.98 Å². The average molecular weight is 379 g/mol. The Bertz CT molecular complexity index is 926. The van der Waals surface area contributed by atoms with Gasteiger partial charge in [0.15, 0.2) is 5.76 Å². The van der Waals surface area contributed by atoms with Crippen molar-refractivity contribution in [1.82, 2.24) is 20.6 Å². The summed E-state index contributed by atoms with van der Waals surface area (Å²) < 4.78 is 5.40. The van der Waals surface area contributed by atoms with Gasteiger partial charge in [-0.05, 0) is 35.9 Å². The van der Waals surface area contributed by atoms with E-state index in [0.29, 0.717) is 42.5 Å². The minimum absolute atomic E-state index is 0.141. The monoisotopic (exact) mass is 379 g/mol. The van der Waals surface area contributed by atoms with Gasteiger partial charge in [-0.1, -0.05) is 6.07 Å². The Balaban J connectivity index is 1.77. The molecule has 3 heterocycles. The molecule has 0 fully saturated rings. The molecule has 2 amide bonds. The molecule has 3 aromatic heterocycles. The molecule has 0 saturated heterocycles. The fourth-order valence-electron chi connectivity index (χ4n) is 2.54. The number of carbonyl (C=O) groups is 2. The lowest BCUT2D eigenvalue weighted by molar-refractivity contribution is -0.118. The molecule has 0 aliphatic heterocycles. The first-order valence-corrected chi connectivity index (χ1v) is 8.84. The average Bonchev–Trinajstić information content (AvgIpc) is 3.25. The van der Waals surface area contributed by atoms with Crippen LogP contribution in [0.25, 0.3) is 11.5 Å². The van der Waals surface area contributed by atoms with E-state index in [2.05, 4.69) is 25.9 Å². The number of amides is 2. The van der Waals surface area contributed by atoms with E-state index in [1.54, 1.807) is 42.9 Å². The largest absolute Gasteiger partial charge is 0.463 e. The highest BCUT2D eigenvalue weighted by Crippen LogP contribution is 2.22. The summed E-state index contributed by atoms with van der Waals surface area (Å²) in [5.74, 6) is 0.631. The maximum absolute atomic E-state index is 12.6. The van der Waals surface area contributed by atoms with Gasteiger partial charge in [-0.2, -0.15) is 0 Å². The molecule has 28 heavy (non-hydrogen) atoms. The predicted octanol–water partition coefficient (Wildman–Crippen LogP) is 2.21. The standard InChI is InChI=1S/C20H21N5O3/c1-14(26)22-9-10-23-20(27)16-6-7-17(18-5-3-11-28-18)25-19(16)24-13-15-4-2-8-21-12-15/h2-8,11-12H,9-10,13H2,1H3,(H,22,26)(H,23,27)(H,24,25). The first-order chi connectivity index (χ1) is 13.6. The number of nitrogens with one attached hydrogen (secondary N) is 3. The summed E-state index contributed by atoms with van der Waals surface area (Å²) in [7, 11) is 0. The SMILES string of the molecule is CC(=O)NCCNC(=O)c1ccc(-c2ccco2)nc1NCc1cccnc1. The molecule has 3 N–H and O–H groups in total. The van der Waals surface area contributed by atoms with Crippen LogP contribution in [-0.4, -0.2) is 34.9 Å². The number of carbonyl (C=O) groups excluding carboxylic acids is 2. The second kappa shape index (κ2) is 9.31. The molecular formula is C20H21N5O3. The van der Waals surface area contributed by atoms with E-state index in [-0.39, 0.29) is 11.8 Å². The van der Waals surface area contributed by atoms with Crippen molar-refractivity contribution >= 4 is 17.6 Å². The summed E-state index contributed by atoms with van der Waals surface area (Å²) in [5.41, 5.74) is 1.99. The molecule has 144 valence electrons. The third kappa shape index (κ3) is 5.16. The summed E-state index contributed by atoms with van der Waals surface area (Å²) in [6.45, 7) is 2.58. The topological polar surface area (TPSA) is 109 Å². The number of nitrogens with zero attached hydrogens (tertiary/aromatic N) is 2. The van der Waals surface area contributed by atoms with Crippen molar-refractivity contribution in [1.29, 1.82) is 0 Å². The van der Waals surface area contributed by atoms with E-state index in [0.717, 1.165) is 5.56 Å². The van der Waals surface area contributed by atoms with Crippen LogP contribution in [0.2, 0.25) is 0 Å². The zero-order valence-corrected chi connectivity index (χ0v) is 15.4. The van der Waals surface area contributed by atoms with Gasteiger partial charge < -0.3 is 20.4 Å². The molecule has 3 aromatic rings. The Hall–Kier alpha value is -3.68. The van der Waals surface area contributed by atoms with Gasteiger partial charge in [0.05, 0.1) is 11.8 Å². The number of anilines is 1. The Morgan fingerprint density at radius 2 is 1.93 bits per heavy atom. The smallest absolute Gasteiger partial charge is 0.255 e. The van der Waals surface area contributed by atoms with Crippen LogP contribution in [0.3, 0.4) is 0 Å². The van der Waals surface area contributed by atoms with Crippen LogP contribution in [0.1, 0.15) is 22.8 Å². The molecule has 8 heteroatoms. The summed E-state index contributed by atoms with van der Waals surface area (Å²) in [6, 6.07) is 10.8. The van der Waals surface area contributed by atoms with Crippen molar-refractivity contribution < 1.29 is 14.0 Å². The molecule has 0 aliphatic carbocycles. The molecule has 0 saturated carbocycles. The van der Waals surface area contributed by atoms with Gasteiger partial charge in [0.1, 0.15) is 11.5 Å². The van der Waals surface area contributed by atoms with Crippen LogP contribution in [0.4, 0.5) is 5.82 Å². The highest BCUT2D eigenvalue weighted by Gasteiger charge is 2.15.